The summed E-state index contributed by atoms with van der Waals surface area (Å²) in [4.78, 5) is 23.6. The van der Waals surface area contributed by atoms with Crippen molar-refractivity contribution in [1.82, 2.24) is 34.7 Å². The first-order valence-corrected chi connectivity index (χ1v) is 9.39. The van der Waals surface area contributed by atoms with E-state index in [9.17, 15) is 4.79 Å². The van der Waals surface area contributed by atoms with E-state index in [4.69, 9.17) is 0 Å². The molecule has 3 aromatic heterocycles. The maximum atomic E-state index is 12.9. The third-order valence-corrected chi connectivity index (χ3v) is 5.24. The van der Waals surface area contributed by atoms with Gasteiger partial charge in [-0.15, -0.1) is 10.2 Å². The Morgan fingerprint density at radius 3 is 2.64 bits per heavy atom. The molecule has 1 amide bonds. The van der Waals surface area contributed by atoms with Crippen molar-refractivity contribution >= 4 is 22.6 Å². The van der Waals surface area contributed by atoms with Crippen molar-refractivity contribution in [3.63, 3.8) is 0 Å². The number of rotatable bonds is 2. The van der Waals surface area contributed by atoms with Crippen LogP contribution in [0.15, 0.2) is 42.6 Å². The quantitative estimate of drug-likeness (QED) is 0.536. The van der Waals surface area contributed by atoms with Crippen molar-refractivity contribution in [1.29, 1.82) is 0 Å². The Kier molecular flexibility index (Phi) is 3.96. The van der Waals surface area contributed by atoms with Crippen LogP contribution in [-0.4, -0.2) is 53.7 Å². The molecule has 1 fully saturated rings. The second kappa shape index (κ2) is 6.63. The van der Waals surface area contributed by atoms with Gasteiger partial charge in [-0.25, -0.2) is 4.98 Å². The summed E-state index contributed by atoms with van der Waals surface area (Å²) in [6.07, 6.45) is 3.21. The Morgan fingerprint density at radius 1 is 1.04 bits per heavy atom. The highest BCUT2D eigenvalue weighted by Crippen LogP contribution is 2.27. The van der Waals surface area contributed by atoms with E-state index < -0.39 is 0 Å². The van der Waals surface area contributed by atoms with Gasteiger partial charge in [0.15, 0.2) is 11.5 Å². The van der Waals surface area contributed by atoms with E-state index in [-0.39, 0.29) is 11.8 Å². The predicted octanol–water partition coefficient (Wildman–Crippen LogP) is 2.40. The van der Waals surface area contributed by atoms with E-state index in [0.29, 0.717) is 18.8 Å². The number of benzene rings is 1. The summed E-state index contributed by atoms with van der Waals surface area (Å²) in [6, 6.07) is 11.4. The Bertz CT molecular complexity index is 1180. The first kappa shape index (κ1) is 16.7. The molecule has 0 radical (unpaired) electrons. The largest absolute Gasteiger partial charge is 0.337 e. The minimum Gasteiger partial charge on any atom is -0.337 e. The fourth-order valence-corrected chi connectivity index (χ4v) is 3.71. The van der Waals surface area contributed by atoms with Crippen molar-refractivity contribution in [2.24, 2.45) is 0 Å². The Labute approximate surface area is 161 Å². The third-order valence-electron chi connectivity index (χ3n) is 5.24. The maximum Gasteiger partial charge on any atom is 0.274 e. The molecule has 0 unspecified atom stereocenters. The molecule has 0 atom stereocenters. The van der Waals surface area contributed by atoms with Crippen molar-refractivity contribution < 1.29 is 4.79 Å². The number of carbonyl (C=O) groups is 1. The highest BCUT2D eigenvalue weighted by atomic mass is 16.2. The van der Waals surface area contributed by atoms with Crippen molar-refractivity contribution in [3.05, 3.63) is 59.8 Å². The zero-order valence-corrected chi connectivity index (χ0v) is 15.5. The van der Waals surface area contributed by atoms with Gasteiger partial charge in [0.1, 0.15) is 5.69 Å². The number of piperidine rings is 1. The molecule has 140 valence electrons. The number of fused-ring (bicyclic) bond motifs is 2. The molecule has 4 heterocycles. The highest BCUT2D eigenvalue weighted by molar-refractivity contribution is 5.93. The predicted molar refractivity (Wildman–Crippen MR) is 103 cm³/mol. The average molecular weight is 373 g/mol. The molecular formula is C20H19N7O. The smallest absolute Gasteiger partial charge is 0.274 e. The summed E-state index contributed by atoms with van der Waals surface area (Å²) < 4.78 is 1.83. The second-order valence-electron chi connectivity index (χ2n) is 7.11. The van der Waals surface area contributed by atoms with E-state index in [2.05, 4.69) is 25.3 Å². The summed E-state index contributed by atoms with van der Waals surface area (Å²) >= 11 is 0. The van der Waals surface area contributed by atoms with E-state index in [1.807, 2.05) is 52.7 Å². The molecule has 5 rings (SSSR count). The Balaban J connectivity index is 1.33. The highest BCUT2D eigenvalue weighted by Gasteiger charge is 2.28. The van der Waals surface area contributed by atoms with Gasteiger partial charge >= 0.3 is 0 Å². The van der Waals surface area contributed by atoms with Gasteiger partial charge in [0, 0.05) is 19.0 Å². The molecule has 8 heteroatoms. The lowest BCUT2D eigenvalue weighted by Gasteiger charge is -2.30. The topological polar surface area (TPSA) is 89.2 Å². The Hall–Kier alpha value is -3.42. The number of aryl methyl sites for hydroxylation is 1. The van der Waals surface area contributed by atoms with Crippen LogP contribution in [0.3, 0.4) is 0 Å². The maximum absolute atomic E-state index is 12.9. The van der Waals surface area contributed by atoms with E-state index in [1.165, 1.54) is 0 Å². The van der Waals surface area contributed by atoms with Crippen LogP contribution in [0, 0.1) is 6.92 Å². The fraction of sp³-hybridized carbons (Fsp3) is 0.300. The molecule has 28 heavy (non-hydrogen) atoms. The first-order valence-electron chi connectivity index (χ1n) is 9.39. The van der Waals surface area contributed by atoms with Gasteiger partial charge in [0.25, 0.3) is 5.91 Å². The minimum atomic E-state index is -0.0724. The molecule has 0 saturated carbocycles. The lowest BCUT2D eigenvalue weighted by Crippen LogP contribution is -2.38. The lowest BCUT2D eigenvalue weighted by atomic mass is 9.96. The summed E-state index contributed by atoms with van der Waals surface area (Å²) in [6.45, 7) is 3.26. The molecule has 1 aliphatic rings. The molecule has 0 spiro atoms. The van der Waals surface area contributed by atoms with Crippen LogP contribution in [0.2, 0.25) is 0 Å². The molecule has 1 aliphatic heterocycles. The van der Waals surface area contributed by atoms with Crippen molar-refractivity contribution in [2.45, 2.75) is 25.7 Å². The number of likely N-dealkylation sites (tertiary alicyclic amines) is 1. The number of aromatic nitrogens is 6. The van der Waals surface area contributed by atoms with Crippen LogP contribution in [-0.2, 0) is 0 Å². The van der Waals surface area contributed by atoms with E-state index in [1.54, 1.807) is 6.20 Å². The Morgan fingerprint density at radius 2 is 1.82 bits per heavy atom. The molecule has 1 aromatic carbocycles. The van der Waals surface area contributed by atoms with Gasteiger partial charge in [0.05, 0.1) is 22.9 Å². The third kappa shape index (κ3) is 2.87. The van der Waals surface area contributed by atoms with Crippen LogP contribution in [0.25, 0.3) is 16.7 Å². The lowest BCUT2D eigenvalue weighted by molar-refractivity contribution is 0.0704. The molecule has 1 saturated heterocycles. The van der Waals surface area contributed by atoms with Gasteiger partial charge in [-0.1, -0.05) is 12.1 Å². The van der Waals surface area contributed by atoms with Crippen molar-refractivity contribution in [3.8, 4) is 0 Å². The first-order chi connectivity index (χ1) is 13.7. The minimum absolute atomic E-state index is 0.0724. The standard InChI is InChI=1S/C20H19N7O/c1-13-6-7-18-23-24-19(27(18)25-13)14-8-10-26(11-9-14)20(28)17-12-21-15-4-2-3-5-16(15)22-17/h2-7,12,14H,8-11H2,1H3. The van der Waals surface area contributed by atoms with Crippen LogP contribution >= 0.6 is 0 Å². The normalized spacial score (nSPS) is 15.4. The summed E-state index contributed by atoms with van der Waals surface area (Å²) in [5.74, 6) is 1.03. The molecule has 8 nitrogen and oxygen atoms in total. The summed E-state index contributed by atoms with van der Waals surface area (Å²) in [5, 5.41) is 13.1. The molecular weight excluding hydrogens is 354 g/mol. The number of para-hydroxylation sites is 2. The number of carbonyl (C=O) groups excluding carboxylic acids is 1. The molecule has 4 aromatic rings. The zero-order valence-electron chi connectivity index (χ0n) is 15.5. The molecule has 0 bridgehead atoms. The summed E-state index contributed by atoms with van der Waals surface area (Å²) in [7, 11) is 0. The molecule has 0 N–H and O–H groups in total. The van der Waals surface area contributed by atoms with Crippen molar-refractivity contribution in [2.75, 3.05) is 13.1 Å². The van der Waals surface area contributed by atoms with Gasteiger partial charge in [0.2, 0.25) is 0 Å². The number of hydrogen-bond acceptors (Lipinski definition) is 6. The van der Waals surface area contributed by atoms with Gasteiger partial charge in [-0.2, -0.15) is 9.61 Å². The fourth-order valence-electron chi connectivity index (χ4n) is 3.71. The van der Waals surface area contributed by atoms with E-state index in [0.717, 1.165) is 41.0 Å². The van der Waals surface area contributed by atoms with Gasteiger partial charge in [-0.05, 0) is 44.0 Å². The monoisotopic (exact) mass is 373 g/mol. The average Bonchev–Trinajstić information content (AvgIpc) is 3.16. The SMILES string of the molecule is Cc1ccc2nnc(C3CCN(C(=O)c4cnc5ccccc5n4)CC3)n2n1. The van der Waals surface area contributed by atoms with E-state index >= 15 is 0 Å². The molecule has 0 aliphatic carbocycles. The van der Waals surface area contributed by atoms with Crippen LogP contribution < -0.4 is 0 Å². The zero-order chi connectivity index (χ0) is 19.1. The van der Waals surface area contributed by atoms with Gasteiger partial charge in [-0.3, -0.25) is 9.78 Å². The van der Waals surface area contributed by atoms with Crippen LogP contribution in [0.1, 0.15) is 40.8 Å². The number of nitrogens with zero attached hydrogens (tertiary/aromatic N) is 7. The van der Waals surface area contributed by atoms with Crippen LogP contribution in [0.5, 0.6) is 0 Å². The summed E-state index contributed by atoms with van der Waals surface area (Å²) in [5.41, 5.74) is 3.60. The number of amides is 1. The van der Waals surface area contributed by atoms with Crippen LogP contribution in [0.4, 0.5) is 0 Å². The number of hydrogen-bond donors (Lipinski definition) is 0. The second-order valence-corrected chi connectivity index (χ2v) is 7.11. The van der Waals surface area contributed by atoms with Gasteiger partial charge < -0.3 is 4.90 Å².